The first kappa shape index (κ1) is 15.5. The van der Waals surface area contributed by atoms with Crippen molar-refractivity contribution >= 4 is 27.5 Å². The summed E-state index contributed by atoms with van der Waals surface area (Å²) in [7, 11) is -3.30. The second-order valence-electron chi connectivity index (χ2n) is 5.30. The molecule has 1 saturated heterocycles. The summed E-state index contributed by atoms with van der Waals surface area (Å²) in [6.07, 6.45) is 6.27. The van der Waals surface area contributed by atoms with Crippen LogP contribution in [0.25, 0.3) is 0 Å². The Labute approximate surface area is 135 Å². The minimum Gasteiger partial charge on any atom is -0.367 e. The van der Waals surface area contributed by atoms with Crippen LogP contribution in [0.4, 0.5) is 17.5 Å². The van der Waals surface area contributed by atoms with Crippen LogP contribution in [-0.4, -0.2) is 55.8 Å². The number of rotatable bonds is 4. The summed E-state index contributed by atoms with van der Waals surface area (Å²) in [6, 6.07) is 5.34. The molecule has 0 radical (unpaired) electrons. The van der Waals surface area contributed by atoms with Gasteiger partial charge in [0.25, 0.3) is 0 Å². The Morgan fingerprint density at radius 2 is 1.65 bits per heavy atom. The minimum atomic E-state index is -3.30. The van der Waals surface area contributed by atoms with E-state index >= 15 is 0 Å². The fourth-order valence-electron chi connectivity index (χ4n) is 2.44. The van der Waals surface area contributed by atoms with Crippen molar-refractivity contribution in [3.8, 4) is 0 Å². The zero-order valence-electron chi connectivity index (χ0n) is 12.8. The predicted octanol–water partition coefficient (Wildman–Crippen LogP) is 0.570. The molecule has 1 fully saturated rings. The van der Waals surface area contributed by atoms with Gasteiger partial charge in [-0.2, -0.15) is 0 Å². The number of nitrogens with zero attached hydrogens (tertiary/aromatic N) is 5. The van der Waals surface area contributed by atoms with Gasteiger partial charge in [0, 0.05) is 38.6 Å². The maximum Gasteiger partial charge on any atom is 0.230 e. The number of hydrogen-bond donors (Lipinski definition) is 1. The van der Waals surface area contributed by atoms with Gasteiger partial charge >= 0.3 is 0 Å². The summed E-state index contributed by atoms with van der Waals surface area (Å²) in [5.74, 6) is 1.07. The smallest absolute Gasteiger partial charge is 0.230 e. The summed E-state index contributed by atoms with van der Waals surface area (Å²) < 4.78 is 24.7. The van der Waals surface area contributed by atoms with E-state index in [-0.39, 0.29) is 0 Å². The highest BCUT2D eigenvalue weighted by molar-refractivity contribution is 7.92. The highest BCUT2D eigenvalue weighted by Crippen LogP contribution is 2.19. The van der Waals surface area contributed by atoms with Crippen molar-refractivity contribution in [3.63, 3.8) is 0 Å². The lowest BCUT2D eigenvalue weighted by Gasteiger charge is -2.35. The summed E-state index contributed by atoms with van der Waals surface area (Å²) in [5.41, 5.74) is 0.970. The number of aromatic nitrogens is 3. The van der Waals surface area contributed by atoms with Crippen LogP contribution in [0.1, 0.15) is 0 Å². The van der Waals surface area contributed by atoms with E-state index in [4.69, 9.17) is 0 Å². The molecule has 1 aliphatic rings. The Morgan fingerprint density at radius 3 is 2.22 bits per heavy atom. The first-order valence-corrected chi connectivity index (χ1v) is 9.11. The largest absolute Gasteiger partial charge is 0.367 e. The van der Waals surface area contributed by atoms with E-state index in [2.05, 4.69) is 29.5 Å². The first-order chi connectivity index (χ1) is 11.0. The van der Waals surface area contributed by atoms with Gasteiger partial charge in [0.15, 0.2) is 0 Å². The summed E-state index contributed by atoms with van der Waals surface area (Å²) >= 11 is 0. The van der Waals surface area contributed by atoms with E-state index < -0.39 is 10.0 Å². The van der Waals surface area contributed by atoms with E-state index in [1.54, 1.807) is 30.7 Å². The van der Waals surface area contributed by atoms with Crippen molar-refractivity contribution in [2.24, 2.45) is 0 Å². The molecule has 0 aromatic carbocycles. The number of hydrogen-bond acceptors (Lipinski definition) is 7. The third-order valence-electron chi connectivity index (χ3n) is 3.52. The molecule has 0 bridgehead atoms. The molecule has 0 spiro atoms. The van der Waals surface area contributed by atoms with Crippen molar-refractivity contribution in [3.05, 3.63) is 36.8 Å². The topological polar surface area (TPSA) is 91.3 Å². The molecule has 3 rings (SSSR count). The Bertz CT molecular complexity index is 743. The molecule has 0 saturated carbocycles. The summed E-state index contributed by atoms with van der Waals surface area (Å²) in [6.45, 7) is 3.32. The molecule has 2 aromatic heterocycles. The molecular weight excluding hydrogens is 316 g/mol. The number of pyridine rings is 1. The monoisotopic (exact) mass is 334 g/mol. The molecule has 1 aliphatic heterocycles. The molecule has 1 N–H and O–H groups in total. The van der Waals surface area contributed by atoms with Gasteiger partial charge in [-0.05, 0) is 18.2 Å². The van der Waals surface area contributed by atoms with E-state index in [0.717, 1.165) is 44.1 Å². The zero-order chi connectivity index (χ0) is 16.3. The van der Waals surface area contributed by atoms with Crippen LogP contribution in [-0.2, 0) is 10.0 Å². The van der Waals surface area contributed by atoms with Gasteiger partial charge in [-0.3, -0.25) is 4.72 Å². The van der Waals surface area contributed by atoms with Crippen LogP contribution < -0.4 is 14.5 Å². The van der Waals surface area contributed by atoms with Crippen molar-refractivity contribution in [1.29, 1.82) is 0 Å². The van der Waals surface area contributed by atoms with Crippen molar-refractivity contribution in [2.75, 3.05) is 47.0 Å². The average molecular weight is 334 g/mol. The maximum absolute atomic E-state index is 11.2. The van der Waals surface area contributed by atoms with Crippen LogP contribution in [0, 0.1) is 0 Å². The van der Waals surface area contributed by atoms with Crippen LogP contribution in [0.15, 0.2) is 36.8 Å². The fraction of sp³-hybridized carbons (Fsp3) is 0.357. The third kappa shape index (κ3) is 4.07. The maximum atomic E-state index is 11.2. The van der Waals surface area contributed by atoms with Crippen LogP contribution in [0.2, 0.25) is 0 Å². The summed E-state index contributed by atoms with van der Waals surface area (Å²) in [4.78, 5) is 17.0. The van der Waals surface area contributed by atoms with Gasteiger partial charge in [0.2, 0.25) is 16.0 Å². The van der Waals surface area contributed by atoms with Crippen LogP contribution in [0.3, 0.4) is 0 Å². The third-order valence-corrected chi connectivity index (χ3v) is 4.10. The van der Waals surface area contributed by atoms with Crippen molar-refractivity contribution < 1.29 is 8.42 Å². The fourth-order valence-corrected chi connectivity index (χ4v) is 2.94. The number of nitrogens with one attached hydrogen (secondary N) is 1. The molecule has 0 amide bonds. The SMILES string of the molecule is CS(=O)(=O)Nc1ccc(N2CCN(c3ncccn3)CC2)cn1. The lowest BCUT2D eigenvalue weighted by Crippen LogP contribution is -2.47. The first-order valence-electron chi connectivity index (χ1n) is 7.22. The minimum absolute atomic E-state index is 0.326. The van der Waals surface area contributed by atoms with E-state index in [9.17, 15) is 8.42 Å². The van der Waals surface area contributed by atoms with E-state index in [0.29, 0.717) is 5.82 Å². The highest BCUT2D eigenvalue weighted by Gasteiger charge is 2.19. The van der Waals surface area contributed by atoms with Gasteiger partial charge in [-0.1, -0.05) is 0 Å². The Hall–Kier alpha value is -2.42. The molecule has 122 valence electrons. The molecule has 0 aliphatic carbocycles. The Balaban J connectivity index is 1.61. The lowest BCUT2D eigenvalue weighted by atomic mass is 10.3. The van der Waals surface area contributed by atoms with Gasteiger partial charge < -0.3 is 9.80 Å². The van der Waals surface area contributed by atoms with Gasteiger partial charge in [0.1, 0.15) is 5.82 Å². The number of piperazine rings is 1. The predicted molar refractivity (Wildman–Crippen MR) is 89.2 cm³/mol. The highest BCUT2D eigenvalue weighted by atomic mass is 32.2. The van der Waals surface area contributed by atoms with Gasteiger partial charge in [-0.15, -0.1) is 0 Å². The van der Waals surface area contributed by atoms with Crippen LogP contribution >= 0.6 is 0 Å². The Kier molecular flexibility index (Phi) is 4.28. The van der Waals surface area contributed by atoms with Gasteiger partial charge in [-0.25, -0.2) is 23.4 Å². The second-order valence-corrected chi connectivity index (χ2v) is 7.05. The quantitative estimate of drug-likeness (QED) is 0.874. The zero-order valence-corrected chi connectivity index (χ0v) is 13.6. The standard InChI is InChI=1S/C14H18N6O2S/c1-23(21,22)18-13-4-3-12(11-17-13)19-7-9-20(10-8-19)14-15-5-2-6-16-14/h2-6,11H,7-10H2,1H3,(H,17,18). The van der Waals surface area contributed by atoms with Gasteiger partial charge in [0.05, 0.1) is 18.1 Å². The molecule has 2 aromatic rings. The van der Waals surface area contributed by atoms with Crippen molar-refractivity contribution in [1.82, 2.24) is 15.0 Å². The molecule has 3 heterocycles. The molecule has 0 unspecified atom stereocenters. The second kappa shape index (κ2) is 6.37. The molecule has 8 nitrogen and oxygen atoms in total. The normalized spacial score (nSPS) is 15.5. The summed E-state index contributed by atoms with van der Waals surface area (Å²) in [5, 5.41) is 0. The van der Waals surface area contributed by atoms with Crippen molar-refractivity contribution in [2.45, 2.75) is 0 Å². The molecular formula is C14H18N6O2S. The average Bonchev–Trinajstić information content (AvgIpc) is 2.55. The molecule has 9 heteroatoms. The molecule has 0 atom stereocenters. The Morgan fingerprint density at radius 1 is 1.00 bits per heavy atom. The number of sulfonamides is 1. The molecule has 23 heavy (non-hydrogen) atoms. The lowest BCUT2D eigenvalue weighted by molar-refractivity contribution is 0.606. The van der Waals surface area contributed by atoms with E-state index in [1.165, 1.54) is 0 Å². The van der Waals surface area contributed by atoms with Crippen LogP contribution in [0.5, 0.6) is 0 Å². The number of anilines is 3. The van der Waals surface area contributed by atoms with E-state index in [1.807, 2.05) is 6.07 Å².